The van der Waals surface area contributed by atoms with Crippen LogP contribution in [-0.4, -0.2) is 70.4 Å². The van der Waals surface area contributed by atoms with Gasteiger partial charge in [0.15, 0.2) is 5.82 Å². The van der Waals surface area contributed by atoms with Crippen molar-refractivity contribution in [2.24, 2.45) is 0 Å². The molecule has 5 heterocycles. The van der Waals surface area contributed by atoms with Gasteiger partial charge in [-0.25, -0.2) is 9.48 Å². The second kappa shape index (κ2) is 7.28. The lowest BCUT2D eigenvalue weighted by atomic mass is 10.2. The Labute approximate surface area is 181 Å². The van der Waals surface area contributed by atoms with Crippen LogP contribution in [0.15, 0.2) is 30.7 Å². The molecule has 2 N–H and O–H groups in total. The first kappa shape index (κ1) is 18.7. The Bertz CT molecular complexity index is 1260. The first-order valence-electron chi connectivity index (χ1n) is 10.4. The molecule has 4 aromatic rings. The Morgan fingerprint density at radius 1 is 1.31 bits per heavy atom. The van der Waals surface area contributed by atoms with Crippen molar-refractivity contribution in [3.8, 4) is 0 Å². The molecule has 2 atom stereocenters. The number of aromatic amines is 1. The summed E-state index contributed by atoms with van der Waals surface area (Å²) in [6.45, 7) is 0.468. The van der Waals surface area contributed by atoms with Gasteiger partial charge in [-0.15, -0.1) is 5.10 Å². The number of rotatable bonds is 6. The highest BCUT2D eigenvalue weighted by atomic mass is 16.5. The second-order valence-corrected chi connectivity index (χ2v) is 8.06. The van der Waals surface area contributed by atoms with E-state index in [1.54, 1.807) is 11.0 Å². The second-order valence-electron chi connectivity index (χ2n) is 8.06. The zero-order chi connectivity index (χ0) is 21.7. The number of tetrazole rings is 1. The van der Waals surface area contributed by atoms with Gasteiger partial charge in [-0.2, -0.15) is 15.1 Å². The summed E-state index contributed by atoms with van der Waals surface area (Å²) in [5.41, 5.74) is 1.82. The first-order valence-corrected chi connectivity index (χ1v) is 10.4. The van der Waals surface area contributed by atoms with Gasteiger partial charge in [0.1, 0.15) is 18.0 Å². The molecule has 4 aromatic heterocycles. The molecule has 1 aliphatic heterocycles. The average Bonchev–Trinajstić information content (AvgIpc) is 3.29. The minimum absolute atomic E-state index is 0.107. The maximum Gasteiger partial charge on any atom is 0.328 e. The summed E-state index contributed by atoms with van der Waals surface area (Å²) in [5, 5.41) is 22.2. The molecule has 2 aliphatic rings. The molecule has 6 rings (SSSR count). The van der Waals surface area contributed by atoms with Crippen LogP contribution in [0.2, 0.25) is 0 Å². The van der Waals surface area contributed by atoms with E-state index >= 15 is 0 Å². The number of nitrogens with one attached hydrogen (secondary N) is 2. The number of hydrogen-bond donors (Lipinski definition) is 2. The van der Waals surface area contributed by atoms with Crippen LogP contribution in [0.3, 0.4) is 0 Å². The van der Waals surface area contributed by atoms with Crippen LogP contribution < -0.4 is 10.2 Å². The number of anilines is 3. The normalized spacial score (nSPS) is 20.7. The smallest absolute Gasteiger partial charge is 0.328 e. The molecular weight excluding hydrogens is 414 g/mol. The number of hydrogen-bond acceptors (Lipinski definition) is 10. The maximum absolute atomic E-state index is 12.6. The van der Waals surface area contributed by atoms with Gasteiger partial charge in [0.05, 0.1) is 13.2 Å². The van der Waals surface area contributed by atoms with Gasteiger partial charge < -0.3 is 15.0 Å². The molecule has 0 amide bonds. The third-order valence-corrected chi connectivity index (χ3v) is 5.98. The number of nitrogens with zero attached hydrogens (tertiary/aromatic N) is 9. The fourth-order valence-electron chi connectivity index (χ4n) is 4.18. The summed E-state index contributed by atoms with van der Waals surface area (Å²) in [6, 6.07) is 5.13. The number of ether oxygens (including phenoxy) is 1. The zero-order valence-corrected chi connectivity index (χ0v) is 17.3. The lowest BCUT2D eigenvalue weighted by Crippen LogP contribution is -2.38. The zero-order valence-electron chi connectivity index (χ0n) is 17.3. The fourth-order valence-corrected chi connectivity index (χ4v) is 4.18. The monoisotopic (exact) mass is 435 g/mol. The molecular formula is C19H21N11O2. The molecule has 0 aromatic carbocycles. The number of aromatic nitrogens is 9. The van der Waals surface area contributed by atoms with E-state index < -0.39 is 6.04 Å². The van der Waals surface area contributed by atoms with Gasteiger partial charge in [0.25, 0.3) is 0 Å². The maximum atomic E-state index is 12.6. The third kappa shape index (κ3) is 3.21. The van der Waals surface area contributed by atoms with Crippen molar-refractivity contribution < 1.29 is 9.53 Å². The van der Waals surface area contributed by atoms with E-state index in [9.17, 15) is 4.79 Å². The van der Waals surface area contributed by atoms with Crippen molar-refractivity contribution in [1.82, 2.24) is 44.8 Å². The highest BCUT2D eigenvalue weighted by Gasteiger charge is 2.41. The molecule has 13 nitrogen and oxygen atoms in total. The van der Waals surface area contributed by atoms with Crippen LogP contribution >= 0.6 is 0 Å². The van der Waals surface area contributed by atoms with Crippen LogP contribution in [0.25, 0.3) is 5.65 Å². The first-order chi connectivity index (χ1) is 15.7. The standard InChI is InChI=1S/C19H21N11O2/c1-32-17(31)14-7-12(30-10-20-26-27-30)9-29(14)19-22-16-3-2-6-28(16)18(23-19)21-15-8-13(24-25-15)11-4-5-11/h2-3,6,8,10-12,14H,4-5,7,9H2,1H3,(H2,21,22,23,24,25). The molecule has 0 radical (unpaired) electrons. The van der Waals surface area contributed by atoms with Gasteiger partial charge in [0.2, 0.25) is 11.9 Å². The fraction of sp³-hybridized carbons (Fsp3) is 0.421. The van der Waals surface area contributed by atoms with Crippen molar-refractivity contribution in [2.45, 2.75) is 37.3 Å². The van der Waals surface area contributed by atoms with Crippen molar-refractivity contribution >= 4 is 29.3 Å². The van der Waals surface area contributed by atoms with Crippen LogP contribution in [0, 0.1) is 0 Å². The van der Waals surface area contributed by atoms with Crippen molar-refractivity contribution in [3.05, 3.63) is 36.4 Å². The Morgan fingerprint density at radius 3 is 3.00 bits per heavy atom. The molecule has 2 unspecified atom stereocenters. The van der Waals surface area contributed by atoms with Crippen LogP contribution in [-0.2, 0) is 9.53 Å². The van der Waals surface area contributed by atoms with Crippen LogP contribution in [0.5, 0.6) is 0 Å². The predicted molar refractivity (Wildman–Crippen MR) is 111 cm³/mol. The van der Waals surface area contributed by atoms with Gasteiger partial charge in [-0.3, -0.25) is 9.50 Å². The summed E-state index contributed by atoms with van der Waals surface area (Å²) < 4.78 is 8.54. The topological polar surface area (TPSA) is 144 Å². The Hall–Kier alpha value is -4.03. The average molecular weight is 435 g/mol. The van der Waals surface area contributed by atoms with Crippen LogP contribution in [0.4, 0.5) is 17.7 Å². The molecule has 13 heteroatoms. The third-order valence-electron chi connectivity index (χ3n) is 5.98. The van der Waals surface area contributed by atoms with Crippen molar-refractivity contribution in [1.29, 1.82) is 0 Å². The largest absolute Gasteiger partial charge is 0.467 e. The van der Waals surface area contributed by atoms with Crippen molar-refractivity contribution in [3.63, 3.8) is 0 Å². The van der Waals surface area contributed by atoms with Gasteiger partial charge in [-0.1, -0.05) is 0 Å². The van der Waals surface area contributed by atoms with E-state index in [0.29, 0.717) is 42.2 Å². The quantitative estimate of drug-likeness (QED) is 0.422. The van der Waals surface area contributed by atoms with Crippen molar-refractivity contribution in [2.75, 3.05) is 23.9 Å². The molecule has 164 valence electrons. The van der Waals surface area contributed by atoms with E-state index in [-0.39, 0.29) is 12.0 Å². The van der Waals surface area contributed by atoms with E-state index in [1.807, 2.05) is 33.7 Å². The Kier molecular flexibility index (Phi) is 4.26. The highest BCUT2D eigenvalue weighted by molar-refractivity contribution is 5.80. The number of methoxy groups -OCH3 is 1. The van der Waals surface area contributed by atoms with E-state index in [1.165, 1.54) is 20.0 Å². The molecule has 32 heavy (non-hydrogen) atoms. The van der Waals surface area contributed by atoms with Gasteiger partial charge in [-0.05, 0) is 35.4 Å². The lowest BCUT2D eigenvalue weighted by molar-refractivity contribution is -0.142. The number of esters is 1. The summed E-state index contributed by atoms with van der Waals surface area (Å²) >= 11 is 0. The molecule has 0 bridgehead atoms. The molecule has 1 saturated carbocycles. The lowest BCUT2D eigenvalue weighted by Gasteiger charge is -2.23. The summed E-state index contributed by atoms with van der Waals surface area (Å²) in [7, 11) is 1.38. The van der Waals surface area contributed by atoms with E-state index in [2.05, 4.69) is 36.0 Å². The number of H-pyrrole nitrogens is 1. The summed E-state index contributed by atoms with van der Waals surface area (Å²) in [6.07, 6.45) is 6.28. The number of carbonyl (C=O) groups excluding carboxylic acids is 1. The molecule has 1 saturated heterocycles. The SMILES string of the molecule is COC(=O)C1CC(n2cnnn2)CN1c1nc(Nc2cc(C3CC3)[nH]n2)n2cccc2n1. The molecule has 1 aliphatic carbocycles. The minimum atomic E-state index is -0.550. The Morgan fingerprint density at radius 2 is 2.22 bits per heavy atom. The van der Waals surface area contributed by atoms with Gasteiger partial charge in [0, 0.05) is 36.8 Å². The number of fused-ring (bicyclic) bond motifs is 1. The van der Waals surface area contributed by atoms with Crippen LogP contribution in [0.1, 0.15) is 36.9 Å². The summed E-state index contributed by atoms with van der Waals surface area (Å²) in [4.78, 5) is 23.8. The Balaban J connectivity index is 1.36. The molecule has 0 spiro atoms. The molecule has 2 fully saturated rings. The minimum Gasteiger partial charge on any atom is -0.467 e. The highest BCUT2D eigenvalue weighted by Crippen LogP contribution is 2.39. The van der Waals surface area contributed by atoms with E-state index in [4.69, 9.17) is 9.72 Å². The number of carbonyl (C=O) groups is 1. The summed E-state index contributed by atoms with van der Waals surface area (Å²) in [5.74, 6) is 1.87. The predicted octanol–water partition coefficient (Wildman–Crippen LogP) is 1.05. The van der Waals surface area contributed by atoms with Gasteiger partial charge >= 0.3 is 5.97 Å². The van der Waals surface area contributed by atoms with E-state index in [0.717, 1.165) is 5.69 Å².